The maximum Gasteiger partial charge on any atom is 0.230 e. The molecule has 1 aromatic rings. The maximum atomic E-state index is 13.3. The molecule has 2 amide bonds. The van der Waals surface area contributed by atoms with Gasteiger partial charge in [0.15, 0.2) is 0 Å². The first-order valence-corrected chi connectivity index (χ1v) is 9.16. The van der Waals surface area contributed by atoms with E-state index in [-0.39, 0.29) is 23.2 Å². The Balaban J connectivity index is 1.60. The largest absolute Gasteiger partial charge is 0.351 e. The van der Waals surface area contributed by atoms with Gasteiger partial charge < -0.3 is 10.6 Å². The van der Waals surface area contributed by atoms with Crippen LogP contribution in [0.4, 0.5) is 10.1 Å². The van der Waals surface area contributed by atoms with Crippen molar-refractivity contribution in [3.8, 4) is 0 Å². The standard InChI is InChI=1S/C20H25FN2O2/c1-12-5-16(21)3-4-17(12)22-18(25)19-7-14-6-15(8-19)10-20(9-14,11-19)23-13(2)24/h3-5,14-15H,6-11H2,1-2H3,(H,22,25)(H,23,24)/t14-,15-,19?,20?/m1/s1. The molecule has 25 heavy (non-hydrogen) atoms. The summed E-state index contributed by atoms with van der Waals surface area (Å²) in [5.41, 5.74) is 0.781. The number of carbonyl (C=O) groups excluding carboxylic acids is 2. The molecule has 2 atom stereocenters. The summed E-state index contributed by atoms with van der Waals surface area (Å²) in [4.78, 5) is 24.9. The normalized spacial score (nSPS) is 35.5. The number of rotatable bonds is 3. The highest BCUT2D eigenvalue weighted by molar-refractivity contribution is 5.96. The fourth-order valence-corrected chi connectivity index (χ4v) is 6.07. The van der Waals surface area contributed by atoms with Gasteiger partial charge in [0.25, 0.3) is 0 Å². The number of hydrogen-bond acceptors (Lipinski definition) is 2. The molecule has 0 saturated heterocycles. The molecule has 4 bridgehead atoms. The Kier molecular flexibility index (Phi) is 3.67. The Morgan fingerprint density at radius 1 is 1.16 bits per heavy atom. The van der Waals surface area contributed by atoms with Crippen LogP contribution < -0.4 is 10.6 Å². The Morgan fingerprint density at radius 3 is 2.44 bits per heavy atom. The number of hydrogen-bond donors (Lipinski definition) is 2. The van der Waals surface area contributed by atoms with Gasteiger partial charge in [0.1, 0.15) is 5.82 Å². The lowest BCUT2D eigenvalue weighted by molar-refractivity contribution is -0.148. The molecule has 0 heterocycles. The van der Waals surface area contributed by atoms with Crippen LogP contribution in [0, 0.1) is 30.0 Å². The van der Waals surface area contributed by atoms with E-state index in [1.807, 2.05) is 0 Å². The minimum atomic E-state index is -0.409. The zero-order valence-corrected chi connectivity index (χ0v) is 14.8. The molecule has 4 fully saturated rings. The SMILES string of the molecule is CC(=O)NC12C[C@@H]3C[C@@H](C1)CC(C(=O)Nc1ccc(F)cc1C)(C3)C2. The van der Waals surface area contributed by atoms with Gasteiger partial charge in [-0.3, -0.25) is 9.59 Å². The van der Waals surface area contributed by atoms with Crippen molar-refractivity contribution in [2.75, 3.05) is 5.32 Å². The van der Waals surface area contributed by atoms with Crippen molar-refractivity contribution in [2.24, 2.45) is 17.3 Å². The molecular formula is C20H25FN2O2. The predicted octanol–water partition coefficient (Wildman–Crippen LogP) is 3.55. The van der Waals surface area contributed by atoms with Crippen LogP contribution >= 0.6 is 0 Å². The molecule has 0 unspecified atom stereocenters. The second-order valence-corrected chi connectivity index (χ2v) is 8.62. The van der Waals surface area contributed by atoms with Crippen molar-refractivity contribution in [3.63, 3.8) is 0 Å². The van der Waals surface area contributed by atoms with Gasteiger partial charge in [-0.15, -0.1) is 0 Å². The van der Waals surface area contributed by atoms with Crippen molar-refractivity contribution < 1.29 is 14.0 Å². The van der Waals surface area contributed by atoms with Crippen molar-refractivity contribution in [1.82, 2.24) is 5.32 Å². The van der Waals surface area contributed by atoms with Gasteiger partial charge in [0.05, 0.1) is 5.41 Å². The minimum Gasteiger partial charge on any atom is -0.351 e. The molecule has 4 aliphatic rings. The fraction of sp³-hybridized carbons (Fsp3) is 0.600. The van der Waals surface area contributed by atoms with Crippen LogP contribution in [0.3, 0.4) is 0 Å². The number of anilines is 1. The lowest BCUT2D eigenvalue weighted by atomic mass is 9.46. The van der Waals surface area contributed by atoms with Gasteiger partial charge in [0.2, 0.25) is 11.8 Å². The lowest BCUT2D eigenvalue weighted by Crippen LogP contribution is -2.65. The van der Waals surface area contributed by atoms with Crippen molar-refractivity contribution >= 4 is 17.5 Å². The third kappa shape index (κ3) is 2.83. The lowest BCUT2D eigenvalue weighted by Gasteiger charge is -2.61. The zero-order chi connectivity index (χ0) is 17.8. The van der Waals surface area contributed by atoms with E-state index in [4.69, 9.17) is 0 Å². The first kappa shape index (κ1) is 16.6. The van der Waals surface area contributed by atoms with E-state index in [0.717, 1.165) is 37.7 Å². The second kappa shape index (κ2) is 5.55. The van der Waals surface area contributed by atoms with E-state index >= 15 is 0 Å². The highest BCUT2D eigenvalue weighted by atomic mass is 19.1. The van der Waals surface area contributed by atoms with Crippen LogP contribution in [0.2, 0.25) is 0 Å². The van der Waals surface area contributed by atoms with Crippen molar-refractivity contribution in [2.45, 2.75) is 57.9 Å². The molecule has 2 N–H and O–H groups in total. The van der Waals surface area contributed by atoms with Gasteiger partial charge in [-0.25, -0.2) is 4.39 Å². The first-order chi connectivity index (χ1) is 11.8. The summed E-state index contributed by atoms with van der Waals surface area (Å²) < 4.78 is 13.3. The molecule has 0 radical (unpaired) electrons. The molecule has 134 valence electrons. The average molecular weight is 344 g/mol. The van der Waals surface area contributed by atoms with Crippen LogP contribution in [0.5, 0.6) is 0 Å². The highest BCUT2D eigenvalue weighted by Gasteiger charge is 2.60. The third-order valence-corrected chi connectivity index (χ3v) is 6.42. The maximum absolute atomic E-state index is 13.3. The van der Waals surface area contributed by atoms with E-state index in [1.54, 1.807) is 19.9 Å². The van der Waals surface area contributed by atoms with E-state index in [0.29, 0.717) is 17.5 Å². The number of benzene rings is 1. The highest BCUT2D eigenvalue weighted by Crippen LogP contribution is 2.61. The summed E-state index contributed by atoms with van der Waals surface area (Å²) in [5, 5.41) is 6.23. The Morgan fingerprint density at radius 2 is 1.84 bits per heavy atom. The number of amides is 2. The van der Waals surface area contributed by atoms with Crippen LogP contribution in [-0.2, 0) is 9.59 Å². The predicted molar refractivity (Wildman–Crippen MR) is 93.4 cm³/mol. The quantitative estimate of drug-likeness (QED) is 0.881. The second-order valence-electron chi connectivity index (χ2n) is 8.62. The third-order valence-electron chi connectivity index (χ3n) is 6.42. The van der Waals surface area contributed by atoms with E-state index < -0.39 is 5.41 Å². The molecule has 5 rings (SSSR count). The monoisotopic (exact) mass is 344 g/mol. The topological polar surface area (TPSA) is 58.2 Å². The van der Waals surface area contributed by atoms with Gasteiger partial charge in [-0.2, -0.15) is 0 Å². The summed E-state index contributed by atoms with van der Waals surface area (Å²) in [6.07, 6.45) is 5.68. The molecule has 0 aliphatic heterocycles. The summed E-state index contributed by atoms with van der Waals surface area (Å²) in [7, 11) is 0. The van der Waals surface area contributed by atoms with Crippen LogP contribution in [0.25, 0.3) is 0 Å². The number of carbonyl (C=O) groups is 2. The summed E-state index contributed by atoms with van der Waals surface area (Å²) in [5.74, 6) is 0.745. The fourth-order valence-electron chi connectivity index (χ4n) is 6.07. The van der Waals surface area contributed by atoms with Crippen molar-refractivity contribution in [1.29, 1.82) is 0 Å². The van der Waals surface area contributed by atoms with E-state index in [2.05, 4.69) is 10.6 Å². The van der Waals surface area contributed by atoms with Gasteiger partial charge in [-0.05, 0) is 81.0 Å². The van der Waals surface area contributed by atoms with Gasteiger partial charge in [-0.1, -0.05) is 0 Å². The smallest absolute Gasteiger partial charge is 0.230 e. The first-order valence-electron chi connectivity index (χ1n) is 9.16. The molecule has 0 aromatic heterocycles. The van der Waals surface area contributed by atoms with Gasteiger partial charge in [0, 0.05) is 18.2 Å². The summed E-state index contributed by atoms with van der Waals surface area (Å²) >= 11 is 0. The molecule has 4 aliphatic carbocycles. The zero-order valence-electron chi connectivity index (χ0n) is 14.8. The van der Waals surface area contributed by atoms with E-state index in [1.165, 1.54) is 18.6 Å². The molecule has 4 nitrogen and oxygen atoms in total. The molecule has 1 aromatic carbocycles. The van der Waals surface area contributed by atoms with Crippen LogP contribution in [0.1, 0.15) is 51.0 Å². The Hall–Kier alpha value is -1.91. The molecule has 0 spiro atoms. The van der Waals surface area contributed by atoms with E-state index in [9.17, 15) is 14.0 Å². The summed E-state index contributed by atoms with van der Waals surface area (Å²) in [6.45, 7) is 3.37. The Labute approximate surface area is 147 Å². The van der Waals surface area contributed by atoms with Gasteiger partial charge >= 0.3 is 0 Å². The Bertz CT molecular complexity index is 731. The molecule has 5 heteroatoms. The summed E-state index contributed by atoms with van der Waals surface area (Å²) in [6, 6.07) is 4.45. The average Bonchev–Trinajstić information content (AvgIpc) is 2.47. The minimum absolute atomic E-state index is 0.00751. The van der Waals surface area contributed by atoms with Crippen molar-refractivity contribution in [3.05, 3.63) is 29.6 Å². The number of nitrogens with one attached hydrogen (secondary N) is 2. The molecular weight excluding hydrogens is 319 g/mol. The van der Waals surface area contributed by atoms with Crippen LogP contribution in [0.15, 0.2) is 18.2 Å². The molecule has 4 saturated carbocycles. The number of halogens is 1. The van der Waals surface area contributed by atoms with Crippen LogP contribution in [-0.4, -0.2) is 17.4 Å². The number of aryl methyl sites for hydroxylation is 1.